The zero-order valence-electron chi connectivity index (χ0n) is 9.62. The van der Waals surface area contributed by atoms with Crippen LogP contribution in [-0.4, -0.2) is 29.2 Å². The Morgan fingerprint density at radius 1 is 1.50 bits per heavy atom. The van der Waals surface area contributed by atoms with Crippen molar-refractivity contribution in [2.75, 3.05) is 13.2 Å². The van der Waals surface area contributed by atoms with Gasteiger partial charge in [0.1, 0.15) is 0 Å². The van der Waals surface area contributed by atoms with Crippen molar-refractivity contribution in [1.82, 2.24) is 4.90 Å². The van der Waals surface area contributed by atoms with Crippen LogP contribution < -0.4 is 0 Å². The first-order chi connectivity index (χ1) is 7.70. The Hall–Kier alpha value is -0.570. The number of benzene rings is 1. The number of likely N-dealkylation sites (tertiary alicyclic amines) is 1. The van der Waals surface area contributed by atoms with E-state index < -0.39 is 0 Å². The van der Waals surface area contributed by atoms with Gasteiger partial charge in [0.15, 0.2) is 0 Å². The lowest BCUT2D eigenvalue weighted by Crippen LogP contribution is -2.31. The van der Waals surface area contributed by atoms with Crippen LogP contribution in [0.2, 0.25) is 5.02 Å². The third-order valence-corrected chi connectivity index (χ3v) is 3.64. The predicted molar refractivity (Wildman–Crippen MR) is 66.7 cm³/mol. The Kier molecular flexibility index (Phi) is 3.85. The van der Waals surface area contributed by atoms with Gasteiger partial charge in [0.05, 0.1) is 6.61 Å². The van der Waals surface area contributed by atoms with E-state index in [0.717, 1.165) is 30.1 Å². The highest BCUT2D eigenvalue weighted by Crippen LogP contribution is 2.24. The van der Waals surface area contributed by atoms with Crippen LogP contribution in [0.1, 0.15) is 24.0 Å². The molecule has 1 saturated heterocycles. The molecular weight excluding hydrogens is 222 g/mol. The molecule has 1 unspecified atom stereocenters. The maximum absolute atomic E-state index is 9.25. The molecule has 3 heteroatoms. The number of aryl methyl sites for hydroxylation is 1. The summed E-state index contributed by atoms with van der Waals surface area (Å²) in [5, 5.41) is 10.1. The molecule has 0 bridgehead atoms. The molecule has 1 aliphatic heterocycles. The van der Waals surface area contributed by atoms with Gasteiger partial charge in [0.25, 0.3) is 0 Å². The molecular formula is C13H18ClNO. The van der Waals surface area contributed by atoms with Gasteiger partial charge in [-0.05, 0) is 43.5 Å². The first-order valence-corrected chi connectivity index (χ1v) is 6.18. The van der Waals surface area contributed by atoms with Crippen molar-refractivity contribution in [3.8, 4) is 0 Å². The number of nitrogens with zero attached hydrogens (tertiary/aromatic N) is 1. The zero-order chi connectivity index (χ0) is 11.5. The maximum atomic E-state index is 9.25. The molecule has 1 aromatic rings. The predicted octanol–water partition coefficient (Wildman–Crippen LogP) is 2.61. The van der Waals surface area contributed by atoms with Crippen molar-refractivity contribution in [3.63, 3.8) is 0 Å². The number of aliphatic hydroxyl groups is 1. The zero-order valence-corrected chi connectivity index (χ0v) is 10.4. The average Bonchev–Trinajstić information content (AvgIpc) is 2.69. The van der Waals surface area contributed by atoms with Crippen molar-refractivity contribution >= 4 is 11.6 Å². The highest BCUT2D eigenvalue weighted by molar-refractivity contribution is 6.31. The fraction of sp³-hybridized carbons (Fsp3) is 0.538. The first kappa shape index (κ1) is 11.9. The van der Waals surface area contributed by atoms with Gasteiger partial charge in [-0.1, -0.05) is 23.7 Å². The van der Waals surface area contributed by atoms with E-state index in [0.29, 0.717) is 6.04 Å². The lowest BCUT2D eigenvalue weighted by atomic mass is 10.1. The van der Waals surface area contributed by atoms with Gasteiger partial charge < -0.3 is 5.11 Å². The Morgan fingerprint density at radius 2 is 2.31 bits per heavy atom. The van der Waals surface area contributed by atoms with Crippen LogP contribution in [-0.2, 0) is 6.54 Å². The van der Waals surface area contributed by atoms with Gasteiger partial charge in [-0.2, -0.15) is 0 Å². The van der Waals surface area contributed by atoms with Gasteiger partial charge in [0, 0.05) is 17.6 Å². The van der Waals surface area contributed by atoms with Crippen LogP contribution >= 0.6 is 11.6 Å². The molecule has 2 rings (SSSR count). The molecule has 1 heterocycles. The van der Waals surface area contributed by atoms with Crippen molar-refractivity contribution in [2.45, 2.75) is 32.4 Å². The van der Waals surface area contributed by atoms with Gasteiger partial charge in [0.2, 0.25) is 0 Å². The lowest BCUT2D eigenvalue weighted by Gasteiger charge is -2.23. The summed E-state index contributed by atoms with van der Waals surface area (Å²) in [4.78, 5) is 2.32. The van der Waals surface area contributed by atoms with E-state index in [2.05, 4.69) is 17.0 Å². The molecule has 16 heavy (non-hydrogen) atoms. The molecule has 2 nitrogen and oxygen atoms in total. The lowest BCUT2D eigenvalue weighted by molar-refractivity contribution is 0.153. The number of rotatable bonds is 3. The van der Waals surface area contributed by atoms with E-state index in [9.17, 15) is 5.11 Å². The molecule has 0 radical (unpaired) electrons. The van der Waals surface area contributed by atoms with Crippen LogP contribution in [0.4, 0.5) is 0 Å². The van der Waals surface area contributed by atoms with E-state index in [1.54, 1.807) is 0 Å². The quantitative estimate of drug-likeness (QED) is 0.877. The molecule has 0 aromatic heterocycles. The van der Waals surface area contributed by atoms with E-state index in [1.807, 2.05) is 13.0 Å². The van der Waals surface area contributed by atoms with Crippen LogP contribution in [0.5, 0.6) is 0 Å². The molecule has 0 spiro atoms. The van der Waals surface area contributed by atoms with E-state index >= 15 is 0 Å². The first-order valence-electron chi connectivity index (χ1n) is 5.80. The molecule has 1 N–H and O–H groups in total. The van der Waals surface area contributed by atoms with Gasteiger partial charge in [-0.15, -0.1) is 0 Å². The van der Waals surface area contributed by atoms with Gasteiger partial charge in [-0.25, -0.2) is 0 Å². The minimum Gasteiger partial charge on any atom is -0.395 e. The Labute approximate surface area is 102 Å². The fourth-order valence-corrected chi connectivity index (χ4v) is 2.60. The summed E-state index contributed by atoms with van der Waals surface area (Å²) in [5.74, 6) is 0. The summed E-state index contributed by atoms with van der Waals surface area (Å²) in [5.41, 5.74) is 2.35. The van der Waals surface area contributed by atoms with Gasteiger partial charge >= 0.3 is 0 Å². The second-order valence-corrected chi connectivity index (χ2v) is 4.95. The number of hydrogen-bond donors (Lipinski definition) is 1. The smallest absolute Gasteiger partial charge is 0.0587 e. The molecule has 1 aliphatic rings. The third kappa shape index (κ3) is 2.57. The van der Waals surface area contributed by atoms with Crippen LogP contribution in [0.25, 0.3) is 0 Å². The second kappa shape index (κ2) is 5.17. The minimum absolute atomic E-state index is 0.253. The van der Waals surface area contributed by atoms with Crippen LogP contribution in [0, 0.1) is 6.92 Å². The van der Waals surface area contributed by atoms with Crippen molar-refractivity contribution < 1.29 is 5.11 Å². The molecule has 0 aliphatic carbocycles. The third-order valence-electron chi connectivity index (χ3n) is 3.29. The summed E-state index contributed by atoms with van der Waals surface area (Å²) < 4.78 is 0. The summed E-state index contributed by atoms with van der Waals surface area (Å²) >= 11 is 6.21. The van der Waals surface area contributed by atoms with E-state index in [1.165, 1.54) is 12.0 Å². The van der Waals surface area contributed by atoms with Crippen LogP contribution in [0.3, 0.4) is 0 Å². The summed E-state index contributed by atoms with van der Waals surface area (Å²) in [6.07, 6.45) is 2.27. The molecule has 1 aromatic carbocycles. The van der Waals surface area contributed by atoms with Gasteiger partial charge in [-0.3, -0.25) is 4.90 Å². The summed E-state index contributed by atoms with van der Waals surface area (Å²) in [6, 6.07) is 6.49. The SMILES string of the molecule is Cc1ccc(CN2CCCC2CO)c(Cl)c1. The van der Waals surface area contributed by atoms with E-state index in [-0.39, 0.29) is 6.61 Å². The fourth-order valence-electron chi connectivity index (χ4n) is 2.31. The summed E-state index contributed by atoms with van der Waals surface area (Å²) in [6.45, 7) is 4.21. The molecule has 1 atom stereocenters. The van der Waals surface area contributed by atoms with Crippen molar-refractivity contribution in [1.29, 1.82) is 0 Å². The number of halogens is 1. The topological polar surface area (TPSA) is 23.5 Å². The standard InChI is InChI=1S/C13H18ClNO/c1-10-4-5-11(13(14)7-10)8-15-6-2-3-12(15)9-16/h4-5,7,12,16H,2-3,6,8-9H2,1H3. The number of hydrogen-bond acceptors (Lipinski definition) is 2. The van der Waals surface area contributed by atoms with E-state index in [4.69, 9.17) is 11.6 Å². The highest BCUT2D eigenvalue weighted by atomic mass is 35.5. The average molecular weight is 240 g/mol. The van der Waals surface area contributed by atoms with Crippen molar-refractivity contribution in [3.05, 3.63) is 34.3 Å². The molecule has 1 fully saturated rings. The molecule has 0 amide bonds. The highest BCUT2D eigenvalue weighted by Gasteiger charge is 2.23. The number of aliphatic hydroxyl groups excluding tert-OH is 1. The second-order valence-electron chi connectivity index (χ2n) is 4.54. The molecule has 0 saturated carbocycles. The van der Waals surface area contributed by atoms with Crippen molar-refractivity contribution in [2.24, 2.45) is 0 Å². The Balaban J connectivity index is 2.08. The summed E-state index contributed by atoms with van der Waals surface area (Å²) in [7, 11) is 0. The van der Waals surface area contributed by atoms with Crippen LogP contribution in [0.15, 0.2) is 18.2 Å². The monoisotopic (exact) mass is 239 g/mol. The maximum Gasteiger partial charge on any atom is 0.0587 e. The Morgan fingerprint density at radius 3 is 3.00 bits per heavy atom. The Bertz CT molecular complexity index is 367. The minimum atomic E-state index is 0.253. The largest absolute Gasteiger partial charge is 0.395 e. The molecule has 88 valence electrons. The normalized spacial score (nSPS) is 21.6.